The van der Waals surface area contributed by atoms with E-state index in [-0.39, 0.29) is 5.97 Å². The van der Waals surface area contributed by atoms with Crippen LogP contribution in [-0.4, -0.2) is 32.6 Å². The molecule has 1 fully saturated rings. The molecule has 146 valence electrons. The van der Waals surface area contributed by atoms with Crippen LogP contribution in [0.25, 0.3) is 11.0 Å². The van der Waals surface area contributed by atoms with Gasteiger partial charge in [-0.15, -0.1) is 0 Å². The van der Waals surface area contributed by atoms with Crippen LogP contribution in [0.5, 0.6) is 0 Å². The van der Waals surface area contributed by atoms with Gasteiger partial charge in [-0.2, -0.15) is 0 Å². The number of hydrogen-bond acceptors (Lipinski definition) is 6. The van der Waals surface area contributed by atoms with Crippen molar-refractivity contribution in [2.75, 3.05) is 5.32 Å². The molecule has 0 aromatic carbocycles. The van der Waals surface area contributed by atoms with E-state index in [2.05, 4.69) is 20.3 Å². The number of nitrogens with one attached hydrogen (secondary N) is 1. The van der Waals surface area contributed by atoms with Crippen molar-refractivity contribution < 1.29 is 9.53 Å². The Morgan fingerprint density at radius 2 is 1.96 bits per heavy atom. The Morgan fingerprint density at radius 3 is 2.63 bits per heavy atom. The van der Waals surface area contributed by atoms with Gasteiger partial charge in [0.1, 0.15) is 16.3 Å². The van der Waals surface area contributed by atoms with Gasteiger partial charge in [-0.1, -0.05) is 11.6 Å². The standard InChI is InChI=1S/C20H27ClN4O2/c1-12-9-16(21)24-15-11-22-19(25-18(12)15)23-14-7-5-13(6-8-14)10-17(26)27-20(2,3)4/h9,11,13-14H,5-8,10H2,1-4H3,(H,22,23,25). The number of carbonyl (C=O) groups excluding carboxylic acids is 1. The lowest BCUT2D eigenvalue weighted by Crippen LogP contribution is -2.30. The van der Waals surface area contributed by atoms with E-state index in [1.165, 1.54) is 0 Å². The second kappa shape index (κ2) is 7.97. The maximum atomic E-state index is 12.0. The summed E-state index contributed by atoms with van der Waals surface area (Å²) in [5.74, 6) is 0.910. The normalized spacial score (nSPS) is 20.5. The van der Waals surface area contributed by atoms with Crippen LogP contribution in [0.3, 0.4) is 0 Å². The third kappa shape index (κ3) is 5.51. The summed E-state index contributed by atoms with van der Waals surface area (Å²) >= 11 is 5.99. The minimum atomic E-state index is -0.416. The lowest BCUT2D eigenvalue weighted by molar-refractivity contribution is -0.156. The maximum Gasteiger partial charge on any atom is 0.306 e. The molecule has 1 aliphatic carbocycles. The number of esters is 1. The summed E-state index contributed by atoms with van der Waals surface area (Å²) in [6.07, 6.45) is 6.19. The van der Waals surface area contributed by atoms with E-state index < -0.39 is 5.60 Å². The molecule has 6 nitrogen and oxygen atoms in total. The number of fused-ring (bicyclic) bond motifs is 1. The lowest BCUT2D eigenvalue weighted by atomic mass is 9.84. The van der Waals surface area contributed by atoms with Gasteiger partial charge < -0.3 is 10.1 Å². The first-order valence-corrected chi connectivity index (χ1v) is 9.86. The number of anilines is 1. The van der Waals surface area contributed by atoms with E-state index in [0.717, 1.165) is 36.8 Å². The molecule has 0 amide bonds. The Morgan fingerprint density at radius 1 is 1.26 bits per heavy atom. The van der Waals surface area contributed by atoms with Gasteiger partial charge in [-0.05, 0) is 70.9 Å². The number of aromatic nitrogens is 3. The SMILES string of the molecule is Cc1cc(Cl)nc2cnc(NC3CCC(CC(=O)OC(C)(C)C)CC3)nc12. The fourth-order valence-electron chi connectivity index (χ4n) is 3.52. The van der Waals surface area contributed by atoms with Gasteiger partial charge in [0.2, 0.25) is 5.95 Å². The van der Waals surface area contributed by atoms with Gasteiger partial charge >= 0.3 is 5.97 Å². The average molecular weight is 391 g/mol. The number of ether oxygens (including phenoxy) is 1. The van der Waals surface area contributed by atoms with Gasteiger partial charge in [0.05, 0.1) is 11.7 Å². The summed E-state index contributed by atoms with van der Waals surface area (Å²) < 4.78 is 5.43. The number of pyridine rings is 1. The molecule has 2 heterocycles. The first kappa shape index (κ1) is 19.8. The highest BCUT2D eigenvalue weighted by Gasteiger charge is 2.26. The highest BCUT2D eigenvalue weighted by molar-refractivity contribution is 6.29. The molecule has 2 aromatic heterocycles. The predicted octanol–water partition coefficient (Wildman–Crippen LogP) is 4.69. The molecule has 0 aliphatic heterocycles. The quantitative estimate of drug-likeness (QED) is 0.602. The van der Waals surface area contributed by atoms with E-state index in [9.17, 15) is 4.79 Å². The lowest BCUT2D eigenvalue weighted by Gasteiger charge is -2.29. The number of aryl methyl sites for hydroxylation is 1. The highest BCUT2D eigenvalue weighted by Crippen LogP contribution is 2.29. The molecule has 0 saturated heterocycles. The molecule has 0 radical (unpaired) electrons. The number of halogens is 1. The van der Waals surface area contributed by atoms with E-state index in [4.69, 9.17) is 16.3 Å². The van der Waals surface area contributed by atoms with Gasteiger partial charge in [0, 0.05) is 12.5 Å². The molecule has 27 heavy (non-hydrogen) atoms. The Kier molecular flexibility index (Phi) is 5.84. The molecule has 2 aromatic rings. The Balaban J connectivity index is 1.55. The molecule has 1 aliphatic rings. The molecule has 0 unspecified atom stereocenters. The molecular weight excluding hydrogens is 364 g/mol. The number of hydrogen-bond donors (Lipinski definition) is 1. The minimum absolute atomic E-state index is 0.0987. The van der Waals surface area contributed by atoms with Crippen molar-refractivity contribution in [3.05, 3.63) is 23.0 Å². The zero-order valence-corrected chi connectivity index (χ0v) is 17.1. The van der Waals surface area contributed by atoms with Crippen LogP contribution in [0, 0.1) is 12.8 Å². The highest BCUT2D eigenvalue weighted by atomic mass is 35.5. The van der Waals surface area contributed by atoms with Crippen molar-refractivity contribution in [3.63, 3.8) is 0 Å². The fraction of sp³-hybridized carbons (Fsp3) is 0.600. The van der Waals surface area contributed by atoms with Crippen molar-refractivity contribution in [2.24, 2.45) is 5.92 Å². The first-order chi connectivity index (χ1) is 12.7. The van der Waals surface area contributed by atoms with Gasteiger partial charge in [0.25, 0.3) is 0 Å². The van der Waals surface area contributed by atoms with Crippen molar-refractivity contribution in [1.82, 2.24) is 15.0 Å². The third-order valence-electron chi connectivity index (χ3n) is 4.76. The smallest absolute Gasteiger partial charge is 0.306 e. The van der Waals surface area contributed by atoms with Crippen molar-refractivity contribution >= 4 is 34.6 Å². The molecule has 0 spiro atoms. The van der Waals surface area contributed by atoms with Crippen LogP contribution in [0.1, 0.15) is 58.4 Å². The molecule has 0 bridgehead atoms. The average Bonchev–Trinajstić information content (AvgIpc) is 2.55. The molecule has 1 saturated carbocycles. The minimum Gasteiger partial charge on any atom is -0.460 e. The van der Waals surface area contributed by atoms with E-state index >= 15 is 0 Å². The van der Waals surface area contributed by atoms with Crippen LogP contribution in [-0.2, 0) is 9.53 Å². The van der Waals surface area contributed by atoms with Crippen molar-refractivity contribution in [2.45, 2.75) is 71.4 Å². The van der Waals surface area contributed by atoms with Gasteiger partial charge in [-0.3, -0.25) is 4.79 Å². The second-order valence-corrected chi connectivity index (χ2v) is 8.73. The molecule has 1 N–H and O–H groups in total. The van der Waals surface area contributed by atoms with Crippen molar-refractivity contribution in [1.29, 1.82) is 0 Å². The summed E-state index contributed by atoms with van der Waals surface area (Å²) in [6, 6.07) is 2.13. The molecule has 0 atom stereocenters. The predicted molar refractivity (Wildman–Crippen MR) is 107 cm³/mol. The maximum absolute atomic E-state index is 12.0. The first-order valence-electron chi connectivity index (χ1n) is 9.48. The van der Waals surface area contributed by atoms with Crippen LogP contribution in [0.2, 0.25) is 5.15 Å². The summed E-state index contributed by atoms with van der Waals surface area (Å²) in [4.78, 5) is 25.2. The number of rotatable bonds is 4. The summed E-state index contributed by atoms with van der Waals surface area (Å²) in [7, 11) is 0. The van der Waals surface area contributed by atoms with Crippen LogP contribution >= 0.6 is 11.6 Å². The second-order valence-electron chi connectivity index (χ2n) is 8.34. The monoisotopic (exact) mass is 390 g/mol. The number of carbonyl (C=O) groups is 1. The van der Waals surface area contributed by atoms with Crippen molar-refractivity contribution in [3.8, 4) is 0 Å². The van der Waals surface area contributed by atoms with Crippen LogP contribution in [0.15, 0.2) is 12.3 Å². The molecular formula is C20H27ClN4O2. The third-order valence-corrected chi connectivity index (χ3v) is 4.95. The van der Waals surface area contributed by atoms with Crippen LogP contribution in [0.4, 0.5) is 5.95 Å². The summed E-state index contributed by atoms with van der Waals surface area (Å²) in [6.45, 7) is 7.68. The molecule has 3 rings (SSSR count). The van der Waals surface area contributed by atoms with E-state index in [1.807, 2.05) is 33.8 Å². The van der Waals surface area contributed by atoms with E-state index in [1.54, 1.807) is 6.20 Å². The Hall–Kier alpha value is -1.95. The summed E-state index contributed by atoms with van der Waals surface area (Å²) in [5, 5.41) is 3.88. The van der Waals surface area contributed by atoms with Gasteiger partial charge in [-0.25, -0.2) is 15.0 Å². The Labute approximate surface area is 165 Å². The van der Waals surface area contributed by atoms with Gasteiger partial charge in [0.15, 0.2) is 0 Å². The van der Waals surface area contributed by atoms with Crippen LogP contribution < -0.4 is 5.32 Å². The topological polar surface area (TPSA) is 77.0 Å². The summed E-state index contributed by atoms with van der Waals surface area (Å²) in [5.41, 5.74) is 2.08. The largest absolute Gasteiger partial charge is 0.460 e. The number of nitrogens with zero attached hydrogens (tertiary/aromatic N) is 3. The Bertz CT molecular complexity index is 827. The van der Waals surface area contributed by atoms with E-state index in [0.29, 0.717) is 35.0 Å². The fourth-order valence-corrected chi connectivity index (χ4v) is 3.78. The zero-order chi connectivity index (χ0) is 19.6. The molecule has 7 heteroatoms. The zero-order valence-electron chi connectivity index (χ0n) is 16.4.